The van der Waals surface area contributed by atoms with E-state index in [-0.39, 0.29) is 0 Å². The number of benzene rings is 2. The topological polar surface area (TPSA) is 29.3 Å². The van der Waals surface area contributed by atoms with E-state index < -0.39 is 0 Å². The number of hydrogen-bond donors (Lipinski definition) is 1. The van der Waals surface area contributed by atoms with Gasteiger partial charge in [-0.3, -0.25) is 0 Å². The van der Waals surface area contributed by atoms with Gasteiger partial charge in [-0.25, -0.2) is 0 Å². The summed E-state index contributed by atoms with van der Waals surface area (Å²) >= 11 is 6.29. The predicted molar refractivity (Wildman–Crippen MR) is 83.5 cm³/mol. The molecule has 100 valence electrons. The molecule has 2 aromatic carbocycles. The summed E-state index contributed by atoms with van der Waals surface area (Å²) in [7, 11) is 2.06. The molecule has 0 saturated carbocycles. The van der Waals surface area contributed by atoms with Crippen LogP contribution in [0.1, 0.15) is 11.1 Å². The van der Waals surface area contributed by atoms with E-state index in [0.29, 0.717) is 6.54 Å². The highest BCUT2D eigenvalue weighted by atomic mass is 35.5. The normalized spacial score (nSPS) is 10.5. The summed E-state index contributed by atoms with van der Waals surface area (Å²) in [5.41, 5.74) is 10.3. The van der Waals surface area contributed by atoms with Crippen LogP contribution < -0.4 is 10.6 Å². The molecule has 0 heterocycles. The molecule has 0 aromatic heterocycles. The number of halogens is 1. The van der Waals surface area contributed by atoms with Crippen molar-refractivity contribution in [1.82, 2.24) is 0 Å². The number of hydrogen-bond acceptors (Lipinski definition) is 2. The van der Waals surface area contributed by atoms with Crippen LogP contribution in [-0.2, 0) is 6.42 Å². The molecule has 0 aliphatic rings. The van der Waals surface area contributed by atoms with Crippen molar-refractivity contribution < 1.29 is 0 Å². The first-order valence-electron chi connectivity index (χ1n) is 6.41. The van der Waals surface area contributed by atoms with Gasteiger partial charge in [-0.1, -0.05) is 29.8 Å². The van der Waals surface area contributed by atoms with Gasteiger partial charge in [0.25, 0.3) is 0 Å². The van der Waals surface area contributed by atoms with Gasteiger partial charge in [0.2, 0.25) is 0 Å². The van der Waals surface area contributed by atoms with E-state index in [0.717, 1.165) is 28.4 Å². The zero-order valence-electron chi connectivity index (χ0n) is 11.4. The summed E-state index contributed by atoms with van der Waals surface area (Å²) in [6, 6.07) is 14.4. The van der Waals surface area contributed by atoms with Crippen molar-refractivity contribution in [3.8, 4) is 0 Å². The van der Waals surface area contributed by atoms with Crippen LogP contribution in [0.25, 0.3) is 0 Å². The average molecular weight is 275 g/mol. The zero-order valence-corrected chi connectivity index (χ0v) is 12.1. The van der Waals surface area contributed by atoms with Crippen molar-refractivity contribution in [2.75, 3.05) is 18.5 Å². The second-order valence-electron chi connectivity index (χ2n) is 4.67. The Morgan fingerprint density at radius 1 is 1.16 bits per heavy atom. The van der Waals surface area contributed by atoms with E-state index in [2.05, 4.69) is 49.2 Å². The van der Waals surface area contributed by atoms with Crippen molar-refractivity contribution in [1.29, 1.82) is 0 Å². The summed E-state index contributed by atoms with van der Waals surface area (Å²) in [6.45, 7) is 2.69. The van der Waals surface area contributed by atoms with Gasteiger partial charge in [-0.2, -0.15) is 0 Å². The molecule has 2 aromatic rings. The lowest BCUT2D eigenvalue weighted by atomic mass is 10.1. The van der Waals surface area contributed by atoms with Crippen LogP contribution in [0.4, 0.5) is 11.4 Å². The first-order valence-corrected chi connectivity index (χ1v) is 6.79. The highest BCUT2D eigenvalue weighted by molar-refractivity contribution is 6.31. The monoisotopic (exact) mass is 274 g/mol. The Bertz CT molecular complexity index is 566. The molecular weight excluding hydrogens is 256 g/mol. The second-order valence-corrected chi connectivity index (χ2v) is 5.08. The lowest BCUT2D eigenvalue weighted by Crippen LogP contribution is -2.14. The summed E-state index contributed by atoms with van der Waals surface area (Å²) in [4.78, 5) is 2.16. The van der Waals surface area contributed by atoms with Gasteiger partial charge < -0.3 is 10.6 Å². The van der Waals surface area contributed by atoms with Gasteiger partial charge in [0.1, 0.15) is 0 Å². The van der Waals surface area contributed by atoms with Gasteiger partial charge in [0.15, 0.2) is 0 Å². The molecule has 0 saturated heterocycles. The van der Waals surface area contributed by atoms with Gasteiger partial charge >= 0.3 is 0 Å². The quantitative estimate of drug-likeness (QED) is 0.916. The predicted octanol–water partition coefficient (Wildman–Crippen LogP) is 3.92. The second kappa shape index (κ2) is 6.09. The largest absolute Gasteiger partial charge is 0.344 e. The molecule has 0 aliphatic heterocycles. The smallest absolute Gasteiger partial charge is 0.0459 e. The number of anilines is 2. The molecule has 0 amide bonds. The highest BCUT2D eigenvalue weighted by Crippen LogP contribution is 2.31. The molecule has 0 aliphatic carbocycles. The van der Waals surface area contributed by atoms with Crippen molar-refractivity contribution in [3.63, 3.8) is 0 Å². The molecule has 19 heavy (non-hydrogen) atoms. The van der Waals surface area contributed by atoms with Crippen molar-refractivity contribution in [2.45, 2.75) is 13.3 Å². The third-order valence-corrected chi connectivity index (χ3v) is 3.59. The molecule has 2 rings (SSSR count). The molecule has 0 atom stereocenters. The molecule has 2 N–H and O–H groups in total. The Balaban J connectivity index is 2.43. The summed E-state index contributed by atoms with van der Waals surface area (Å²) in [5.74, 6) is 0. The van der Waals surface area contributed by atoms with Crippen LogP contribution in [0, 0.1) is 6.92 Å². The first-order chi connectivity index (χ1) is 9.13. The molecule has 3 heteroatoms. The van der Waals surface area contributed by atoms with Crippen LogP contribution in [-0.4, -0.2) is 13.6 Å². The van der Waals surface area contributed by atoms with Crippen molar-refractivity contribution in [3.05, 3.63) is 58.6 Å². The molecule has 0 radical (unpaired) electrons. The fourth-order valence-corrected chi connectivity index (χ4v) is 2.49. The number of rotatable bonds is 4. The van der Waals surface area contributed by atoms with E-state index >= 15 is 0 Å². The molecule has 0 spiro atoms. The van der Waals surface area contributed by atoms with Gasteiger partial charge in [0, 0.05) is 23.4 Å². The molecule has 0 bridgehead atoms. The van der Waals surface area contributed by atoms with Crippen LogP contribution in [0.3, 0.4) is 0 Å². The van der Waals surface area contributed by atoms with Crippen molar-refractivity contribution >= 4 is 23.0 Å². The maximum absolute atomic E-state index is 6.29. The van der Waals surface area contributed by atoms with Crippen LogP contribution >= 0.6 is 11.6 Å². The zero-order chi connectivity index (χ0) is 13.8. The van der Waals surface area contributed by atoms with Crippen LogP contribution in [0.15, 0.2) is 42.5 Å². The highest BCUT2D eigenvalue weighted by Gasteiger charge is 2.11. The Labute approximate surface area is 119 Å². The average Bonchev–Trinajstić information content (AvgIpc) is 2.40. The van der Waals surface area contributed by atoms with E-state index in [4.69, 9.17) is 17.3 Å². The minimum Gasteiger partial charge on any atom is -0.344 e. The van der Waals surface area contributed by atoms with Crippen molar-refractivity contribution in [2.24, 2.45) is 5.73 Å². The summed E-state index contributed by atoms with van der Waals surface area (Å²) < 4.78 is 0. The fraction of sp³-hybridized carbons (Fsp3) is 0.250. The van der Waals surface area contributed by atoms with E-state index in [9.17, 15) is 0 Å². The number of nitrogens with two attached hydrogens (primary N) is 1. The Hall–Kier alpha value is -1.51. The minimum atomic E-state index is 0.596. The Morgan fingerprint density at radius 3 is 2.58 bits per heavy atom. The molecule has 2 nitrogen and oxygen atoms in total. The van der Waals surface area contributed by atoms with Crippen LogP contribution in [0.5, 0.6) is 0 Å². The number of nitrogens with zero attached hydrogens (tertiary/aromatic N) is 1. The third kappa shape index (κ3) is 3.09. The fourth-order valence-electron chi connectivity index (χ4n) is 2.23. The standard InChI is InChI=1S/C16H19ClN2/c1-12-5-3-6-13(11-12)19(2)16-8-4-7-15(17)14(16)9-10-18/h3-8,11H,9-10,18H2,1-2H3. The molecular formula is C16H19ClN2. The lowest BCUT2D eigenvalue weighted by molar-refractivity contribution is 0.961. The Morgan fingerprint density at radius 2 is 1.89 bits per heavy atom. The summed E-state index contributed by atoms with van der Waals surface area (Å²) in [6.07, 6.45) is 0.783. The van der Waals surface area contributed by atoms with Gasteiger partial charge in [-0.05, 0) is 55.3 Å². The van der Waals surface area contributed by atoms with Gasteiger partial charge in [0.05, 0.1) is 0 Å². The van der Waals surface area contributed by atoms with Crippen LogP contribution in [0.2, 0.25) is 5.02 Å². The first kappa shape index (κ1) is 13.9. The summed E-state index contributed by atoms with van der Waals surface area (Å²) in [5, 5.41) is 0.780. The molecule has 0 fully saturated rings. The maximum atomic E-state index is 6.29. The Kier molecular flexibility index (Phi) is 4.46. The van der Waals surface area contributed by atoms with E-state index in [1.165, 1.54) is 5.56 Å². The third-order valence-electron chi connectivity index (χ3n) is 3.24. The minimum absolute atomic E-state index is 0.596. The lowest BCUT2D eigenvalue weighted by Gasteiger charge is -2.23. The SMILES string of the molecule is Cc1cccc(N(C)c2cccc(Cl)c2CCN)c1. The maximum Gasteiger partial charge on any atom is 0.0459 e. The van der Waals surface area contributed by atoms with E-state index in [1.54, 1.807) is 0 Å². The van der Waals surface area contributed by atoms with Gasteiger partial charge in [-0.15, -0.1) is 0 Å². The molecule has 0 unspecified atom stereocenters. The number of aryl methyl sites for hydroxylation is 1. The van der Waals surface area contributed by atoms with E-state index in [1.807, 2.05) is 12.1 Å².